The van der Waals surface area contributed by atoms with Gasteiger partial charge in [0.15, 0.2) is 0 Å². The van der Waals surface area contributed by atoms with E-state index in [1.807, 2.05) is 51.7 Å². The van der Waals surface area contributed by atoms with Crippen molar-refractivity contribution in [1.29, 1.82) is 0 Å². The average Bonchev–Trinajstić information content (AvgIpc) is 2.58. The van der Waals surface area contributed by atoms with Crippen LogP contribution in [0.1, 0.15) is 40.2 Å². The minimum Gasteiger partial charge on any atom is -0.273 e. The molecular formula is C10H22N2. The number of nitrogens with zero attached hydrogens (tertiary/aromatic N) is 2. The summed E-state index contributed by atoms with van der Waals surface area (Å²) in [6.45, 7) is 13.1. The maximum absolute atomic E-state index is 4.05. The van der Waals surface area contributed by atoms with Gasteiger partial charge in [-0.05, 0) is 19.4 Å². The highest BCUT2D eigenvalue weighted by molar-refractivity contribution is 4.98. The fourth-order valence-corrected chi connectivity index (χ4v) is 0.640. The Labute approximate surface area is 76.6 Å². The SMILES string of the molecule is CC.CC.CCn1cc(C)cn1. The molecule has 0 aliphatic carbocycles. The monoisotopic (exact) mass is 170 g/mol. The van der Waals surface area contributed by atoms with Gasteiger partial charge in [-0.3, -0.25) is 4.68 Å². The highest BCUT2D eigenvalue weighted by Gasteiger charge is 1.86. The molecule has 72 valence electrons. The lowest BCUT2D eigenvalue weighted by atomic mass is 10.4. The quantitative estimate of drug-likeness (QED) is 0.632. The number of hydrogen-bond donors (Lipinski definition) is 0. The van der Waals surface area contributed by atoms with Crippen molar-refractivity contribution in [3.8, 4) is 0 Å². The average molecular weight is 170 g/mol. The van der Waals surface area contributed by atoms with Gasteiger partial charge >= 0.3 is 0 Å². The molecule has 12 heavy (non-hydrogen) atoms. The Kier molecular flexibility index (Phi) is 11.7. The second-order valence-electron chi connectivity index (χ2n) is 1.87. The molecule has 0 fully saturated rings. The van der Waals surface area contributed by atoms with Crippen molar-refractivity contribution in [3.63, 3.8) is 0 Å². The minimum absolute atomic E-state index is 0.966. The fraction of sp³-hybridized carbons (Fsp3) is 0.700. The van der Waals surface area contributed by atoms with Gasteiger partial charge in [-0.25, -0.2) is 0 Å². The molecule has 0 bridgehead atoms. The van der Waals surface area contributed by atoms with Crippen LogP contribution in [-0.2, 0) is 6.54 Å². The van der Waals surface area contributed by atoms with Crippen LogP contribution in [0.15, 0.2) is 12.4 Å². The Balaban J connectivity index is 0. The van der Waals surface area contributed by atoms with E-state index >= 15 is 0 Å². The molecule has 0 unspecified atom stereocenters. The normalized spacial score (nSPS) is 7.50. The molecule has 0 aliphatic heterocycles. The van der Waals surface area contributed by atoms with E-state index in [1.165, 1.54) is 5.56 Å². The summed E-state index contributed by atoms with van der Waals surface area (Å²) in [5.41, 5.74) is 1.23. The maximum atomic E-state index is 4.05. The smallest absolute Gasteiger partial charge is 0.0518 e. The predicted octanol–water partition coefficient (Wildman–Crippen LogP) is 3.26. The van der Waals surface area contributed by atoms with Crippen LogP contribution in [0.2, 0.25) is 0 Å². The Morgan fingerprint density at radius 3 is 1.92 bits per heavy atom. The number of hydrogen-bond acceptors (Lipinski definition) is 1. The van der Waals surface area contributed by atoms with Gasteiger partial charge in [-0.2, -0.15) is 5.10 Å². The Morgan fingerprint density at radius 1 is 1.25 bits per heavy atom. The first-order valence-corrected chi connectivity index (χ1v) is 4.82. The van der Waals surface area contributed by atoms with Crippen molar-refractivity contribution in [3.05, 3.63) is 18.0 Å². The first kappa shape index (κ1) is 13.8. The van der Waals surface area contributed by atoms with E-state index in [0.717, 1.165) is 6.54 Å². The number of rotatable bonds is 1. The topological polar surface area (TPSA) is 17.8 Å². The molecule has 2 heteroatoms. The van der Waals surface area contributed by atoms with Gasteiger partial charge in [0, 0.05) is 12.7 Å². The molecule has 0 saturated heterocycles. The molecule has 1 rings (SSSR count). The third kappa shape index (κ3) is 5.96. The summed E-state index contributed by atoms with van der Waals surface area (Å²) in [4.78, 5) is 0. The second kappa shape index (κ2) is 10.2. The number of aromatic nitrogens is 2. The van der Waals surface area contributed by atoms with E-state index in [1.54, 1.807) is 0 Å². The van der Waals surface area contributed by atoms with E-state index in [0.29, 0.717) is 0 Å². The van der Waals surface area contributed by atoms with Gasteiger partial charge in [0.05, 0.1) is 6.20 Å². The van der Waals surface area contributed by atoms with Crippen LogP contribution < -0.4 is 0 Å². The highest BCUT2D eigenvalue weighted by Crippen LogP contribution is 1.91. The zero-order valence-electron chi connectivity index (χ0n) is 9.26. The summed E-state index contributed by atoms with van der Waals surface area (Å²) in [5.74, 6) is 0. The summed E-state index contributed by atoms with van der Waals surface area (Å²) in [6.07, 6.45) is 3.89. The highest BCUT2D eigenvalue weighted by atomic mass is 15.3. The van der Waals surface area contributed by atoms with Gasteiger partial charge < -0.3 is 0 Å². The Hall–Kier alpha value is -0.790. The standard InChI is InChI=1S/C6H10N2.2C2H6/c1-3-8-5-6(2)4-7-8;2*1-2/h4-5H,3H2,1-2H3;2*1-2H3. The maximum Gasteiger partial charge on any atom is 0.0518 e. The van der Waals surface area contributed by atoms with Crippen molar-refractivity contribution in [2.45, 2.75) is 48.1 Å². The summed E-state index contributed by atoms with van der Waals surface area (Å²) < 4.78 is 1.91. The van der Waals surface area contributed by atoms with E-state index in [-0.39, 0.29) is 0 Å². The third-order valence-corrected chi connectivity index (χ3v) is 1.09. The van der Waals surface area contributed by atoms with Gasteiger partial charge in [0.25, 0.3) is 0 Å². The molecule has 0 aliphatic rings. The van der Waals surface area contributed by atoms with Crippen molar-refractivity contribution < 1.29 is 0 Å². The molecule has 0 aromatic carbocycles. The minimum atomic E-state index is 0.966. The van der Waals surface area contributed by atoms with Gasteiger partial charge in [-0.15, -0.1) is 0 Å². The molecule has 0 atom stereocenters. The molecular weight excluding hydrogens is 148 g/mol. The summed E-state index contributed by atoms with van der Waals surface area (Å²) in [6, 6.07) is 0. The first-order valence-electron chi connectivity index (χ1n) is 4.82. The van der Waals surface area contributed by atoms with Crippen LogP contribution in [0.3, 0.4) is 0 Å². The molecule has 2 nitrogen and oxygen atoms in total. The zero-order valence-corrected chi connectivity index (χ0v) is 9.26. The Bertz CT molecular complexity index is 168. The van der Waals surface area contributed by atoms with Crippen molar-refractivity contribution in [2.75, 3.05) is 0 Å². The van der Waals surface area contributed by atoms with E-state index in [2.05, 4.69) is 12.0 Å². The lowest BCUT2D eigenvalue weighted by Gasteiger charge is -1.88. The third-order valence-electron chi connectivity index (χ3n) is 1.09. The molecule has 0 radical (unpaired) electrons. The predicted molar refractivity (Wildman–Crippen MR) is 55.3 cm³/mol. The lowest BCUT2D eigenvalue weighted by Crippen LogP contribution is -1.91. The molecule has 0 saturated carbocycles. The van der Waals surface area contributed by atoms with Crippen molar-refractivity contribution in [1.82, 2.24) is 9.78 Å². The fourth-order valence-electron chi connectivity index (χ4n) is 0.640. The molecule has 0 spiro atoms. The van der Waals surface area contributed by atoms with Crippen LogP contribution in [-0.4, -0.2) is 9.78 Å². The molecule has 1 aromatic rings. The van der Waals surface area contributed by atoms with Gasteiger partial charge in [-0.1, -0.05) is 27.7 Å². The van der Waals surface area contributed by atoms with Crippen LogP contribution >= 0.6 is 0 Å². The van der Waals surface area contributed by atoms with Crippen LogP contribution in [0.5, 0.6) is 0 Å². The molecule has 0 amide bonds. The molecule has 0 N–H and O–H groups in total. The van der Waals surface area contributed by atoms with Crippen LogP contribution in [0.4, 0.5) is 0 Å². The Morgan fingerprint density at radius 2 is 1.75 bits per heavy atom. The van der Waals surface area contributed by atoms with Gasteiger partial charge in [0.2, 0.25) is 0 Å². The van der Waals surface area contributed by atoms with Gasteiger partial charge in [0.1, 0.15) is 0 Å². The first-order chi connectivity index (χ1) is 5.83. The molecule has 1 heterocycles. The summed E-state index contributed by atoms with van der Waals surface area (Å²) >= 11 is 0. The lowest BCUT2D eigenvalue weighted by molar-refractivity contribution is 0.659. The number of aryl methyl sites for hydroxylation is 2. The van der Waals surface area contributed by atoms with Crippen LogP contribution in [0, 0.1) is 6.92 Å². The van der Waals surface area contributed by atoms with Crippen molar-refractivity contribution in [2.24, 2.45) is 0 Å². The van der Waals surface area contributed by atoms with E-state index in [4.69, 9.17) is 0 Å². The summed E-state index contributed by atoms with van der Waals surface area (Å²) in [5, 5.41) is 4.05. The molecule has 1 aromatic heterocycles. The second-order valence-corrected chi connectivity index (χ2v) is 1.87. The van der Waals surface area contributed by atoms with E-state index in [9.17, 15) is 0 Å². The largest absolute Gasteiger partial charge is 0.273 e. The summed E-state index contributed by atoms with van der Waals surface area (Å²) in [7, 11) is 0. The van der Waals surface area contributed by atoms with E-state index < -0.39 is 0 Å². The zero-order chi connectivity index (χ0) is 9.98. The van der Waals surface area contributed by atoms with Crippen LogP contribution in [0.25, 0.3) is 0 Å². The van der Waals surface area contributed by atoms with Crippen molar-refractivity contribution >= 4 is 0 Å².